The van der Waals surface area contributed by atoms with Crippen LogP contribution in [0.4, 0.5) is 5.69 Å². The molecular weight excluding hydrogens is 841 g/mol. The largest absolute Gasteiger partial charge is 0.497 e. The third kappa shape index (κ3) is 10.1. The van der Waals surface area contributed by atoms with Crippen molar-refractivity contribution in [3.05, 3.63) is 94.1 Å². The molecule has 5 bridgehead atoms. The van der Waals surface area contributed by atoms with Gasteiger partial charge in [0.05, 0.1) is 53.8 Å². The summed E-state index contributed by atoms with van der Waals surface area (Å²) >= 11 is 0. The fourth-order valence-corrected chi connectivity index (χ4v) is 7.99. The topological polar surface area (TPSA) is 222 Å². The number of rotatable bonds is 6. The van der Waals surface area contributed by atoms with Crippen molar-refractivity contribution in [1.29, 1.82) is 0 Å². The molecule has 0 fully saturated rings. The van der Waals surface area contributed by atoms with E-state index in [-0.39, 0.29) is 28.2 Å². The zero-order valence-electron chi connectivity index (χ0n) is 39.1. The number of hydrogen-bond acceptors (Lipinski definition) is 15. The van der Waals surface area contributed by atoms with Crippen LogP contribution in [0.25, 0.3) is 0 Å². The molecule has 65 heavy (non-hydrogen) atoms. The van der Waals surface area contributed by atoms with E-state index in [0.717, 1.165) is 6.26 Å². The van der Waals surface area contributed by atoms with Crippen LogP contribution >= 0.6 is 0 Å². The van der Waals surface area contributed by atoms with Crippen LogP contribution in [0.3, 0.4) is 0 Å². The van der Waals surface area contributed by atoms with Crippen molar-refractivity contribution in [2.24, 2.45) is 29.1 Å². The number of aliphatic hydroxyl groups excluding tert-OH is 2. The Morgan fingerprint density at radius 2 is 1.51 bits per heavy atom. The molecule has 0 saturated carbocycles. The Kier molecular flexibility index (Phi) is 15.0. The van der Waals surface area contributed by atoms with Crippen molar-refractivity contribution in [3.63, 3.8) is 0 Å². The van der Waals surface area contributed by atoms with E-state index in [2.05, 4.69) is 10.6 Å². The van der Waals surface area contributed by atoms with Gasteiger partial charge in [0.25, 0.3) is 11.7 Å². The van der Waals surface area contributed by atoms with Gasteiger partial charge in [0, 0.05) is 61.5 Å². The standard InChI is InChI=1S/C49H60N2O14/c1-23-15-14-16-24(2)46(58)51-37-36(50-30-17-19-31(60-12)20-18-30)40(55)33-34(41(37)56)43(64-47(59)48(8,9)10)28(6)44-35(33)45(57)49(11,65-44)62-22-21-32(61-13)25(3)42(63-29(7)52)27(5)39(54)26(4)38(23)53/h14-23,25-27,32,38-39,42,50,53-54H,1-13H3,(H,51,58)/t23-,25+,26+,27-,32-,38-,39-,42+,49-/m0/s1. The Bertz CT molecular complexity index is 2370. The summed E-state index contributed by atoms with van der Waals surface area (Å²) in [5.41, 5.74) is -2.81. The average molecular weight is 901 g/mol. The van der Waals surface area contributed by atoms with Gasteiger partial charge in [-0.05, 0) is 65.0 Å². The minimum Gasteiger partial charge on any atom is -0.497 e. The molecule has 3 aliphatic heterocycles. The smallest absolute Gasteiger partial charge is 0.316 e. The lowest BCUT2D eigenvalue weighted by atomic mass is 9.78. The Morgan fingerprint density at radius 1 is 0.862 bits per heavy atom. The summed E-state index contributed by atoms with van der Waals surface area (Å²) in [6.45, 7) is 17.1. The maximum Gasteiger partial charge on any atom is 0.316 e. The molecule has 6 rings (SSSR count). The van der Waals surface area contributed by atoms with Crippen LogP contribution in [-0.4, -0.2) is 89.8 Å². The summed E-state index contributed by atoms with van der Waals surface area (Å²) in [6.07, 6.45) is 3.19. The SMILES string of the molecule is COc1ccc(NC2=C3NC(=O)C(C)=CC=C[C@H](C)[C@H](O)[C@@H](C)[C@H](O)[C@H](C)[C@H](OC(C)=O)[C@H](C)[C@@H](OC)C=CO[C@@]4(C)Oc5c(C)c(OC(=O)C(C)(C)C)c(c(c5C4=O)C2=O)C3=O)cc1. The van der Waals surface area contributed by atoms with E-state index in [1.807, 2.05) is 0 Å². The van der Waals surface area contributed by atoms with Gasteiger partial charge in [0.1, 0.15) is 34.7 Å². The lowest BCUT2D eigenvalue weighted by molar-refractivity contribution is -0.160. The number of carbonyl (C=O) groups is 6. The first-order valence-electron chi connectivity index (χ1n) is 21.4. The normalized spacial score (nSPS) is 27.6. The van der Waals surface area contributed by atoms with Gasteiger partial charge in [0.2, 0.25) is 11.6 Å². The molecule has 0 saturated heterocycles. The Labute approximate surface area is 379 Å². The number of nitrogens with one attached hydrogen (secondary N) is 2. The van der Waals surface area contributed by atoms with Crippen LogP contribution < -0.4 is 24.8 Å². The number of benzene rings is 2. The Balaban J connectivity index is 1.76. The zero-order chi connectivity index (χ0) is 48.5. The second kappa shape index (κ2) is 19.6. The van der Waals surface area contributed by atoms with Crippen LogP contribution in [0.2, 0.25) is 0 Å². The number of esters is 2. The van der Waals surface area contributed by atoms with E-state index in [9.17, 15) is 29.4 Å². The molecule has 16 nitrogen and oxygen atoms in total. The fourth-order valence-electron chi connectivity index (χ4n) is 7.99. The number of Topliss-reactive ketones (excluding diaryl/α,β-unsaturated/α-hetero) is 3. The van der Waals surface area contributed by atoms with Crippen molar-refractivity contribution in [1.82, 2.24) is 5.32 Å². The van der Waals surface area contributed by atoms with Crippen molar-refractivity contribution >= 4 is 40.9 Å². The van der Waals surface area contributed by atoms with Gasteiger partial charge < -0.3 is 49.3 Å². The summed E-state index contributed by atoms with van der Waals surface area (Å²) < 4.78 is 35.1. The van der Waals surface area contributed by atoms with Gasteiger partial charge >= 0.3 is 17.7 Å². The molecule has 0 radical (unpaired) electrons. The highest BCUT2D eigenvalue weighted by atomic mass is 16.7. The zero-order valence-corrected chi connectivity index (χ0v) is 39.1. The Hall–Kier alpha value is -6.10. The molecule has 9 atom stereocenters. The number of aliphatic hydroxyl groups is 2. The summed E-state index contributed by atoms with van der Waals surface area (Å²) in [7, 11) is 2.89. The minimum absolute atomic E-state index is 0.0248. The lowest BCUT2D eigenvalue weighted by Crippen LogP contribution is -2.46. The maximum atomic E-state index is 15.1. The summed E-state index contributed by atoms with van der Waals surface area (Å²) in [6, 6.07) is 6.37. The van der Waals surface area contributed by atoms with E-state index >= 15 is 9.59 Å². The summed E-state index contributed by atoms with van der Waals surface area (Å²) in [5.74, 6) is -9.77. The predicted octanol–water partition coefficient (Wildman–Crippen LogP) is 6.32. The molecule has 0 spiro atoms. The molecule has 4 aliphatic rings. The van der Waals surface area contributed by atoms with Crippen molar-refractivity contribution in [3.8, 4) is 17.2 Å². The van der Waals surface area contributed by atoms with Crippen molar-refractivity contribution < 1.29 is 67.4 Å². The van der Waals surface area contributed by atoms with Crippen molar-refractivity contribution in [2.45, 2.75) is 106 Å². The van der Waals surface area contributed by atoms with E-state index in [1.165, 1.54) is 54.1 Å². The van der Waals surface area contributed by atoms with E-state index in [1.54, 1.807) is 84.9 Å². The number of anilines is 1. The van der Waals surface area contributed by atoms with Gasteiger partial charge in [-0.1, -0.05) is 45.9 Å². The first-order chi connectivity index (χ1) is 30.4. The maximum absolute atomic E-state index is 15.1. The Morgan fingerprint density at radius 3 is 2.09 bits per heavy atom. The fraction of sp³-hybridized carbons (Fsp3) is 0.469. The van der Waals surface area contributed by atoms with Crippen LogP contribution in [0, 0.1) is 36.0 Å². The molecular formula is C49H60N2O14. The number of ketones is 3. The van der Waals surface area contributed by atoms with Gasteiger partial charge in [-0.25, -0.2) is 0 Å². The summed E-state index contributed by atoms with van der Waals surface area (Å²) in [4.78, 5) is 84.9. The van der Waals surface area contributed by atoms with Crippen LogP contribution in [0.5, 0.6) is 17.2 Å². The first kappa shape index (κ1) is 49.9. The number of methoxy groups -OCH3 is 2. The monoisotopic (exact) mass is 900 g/mol. The molecule has 4 N–H and O–H groups in total. The quantitative estimate of drug-likeness (QED) is 0.184. The van der Waals surface area contributed by atoms with E-state index in [4.69, 9.17) is 28.4 Å². The molecule has 1 amide bonds. The average Bonchev–Trinajstić information content (AvgIpc) is 3.52. The van der Waals surface area contributed by atoms with E-state index in [0.29, 0.717) is 11.4 Å². The molecule has 0 aromatic heterocycles. The molecule has 1 aliphatic carbocycles. The summed E-state index contributed by atoms with van der Waals surface area (Å²) in [5, 5.41) is 28.6. The van der Waals surface area contributed by atoms with Crippen LogP contribution in [0.15, 0.2) is 71.8 Å². The number of fused-ring (bicyclic) bond motifs is 14. The number of carbonyl (C=O) groups excluding carboxylic acids is 6. The number of amides is 1. The van der Waals surface area contributed by atoms with E-state index < -0.39 is 117 Å². The molecule has 350 valence electrons. The van der Waals surface area contributed by atoms with Crippen molar-refractivity contribution in [2.75, 3.05) is 19.5 Å². The third-order valence-electron chi connectivity index (χ3n) is 12.1. The lowest BCUT2D eigenvalue weighted by Gasteiger charge is -2.38. The van der Waals surface area contributed by atoms with Gasteiger partial charge in [-0.15, -0.1) is 0 Å². The third-order valence-corrected chi connectivity index (χ3v) is 12.1. The second-order valence-electron chi connectivity index (χ2n) is 18.0. The van der Waals surface area contributed by atoms with Gasteiger partial charge in [-0.3, -0.25) is 28.8 Å². The second-order valence-corrected chi connectivity index (χ2v) is 18.0. The van der Waals surface area contributed by atoms with Crippen LogP contribution in [-0.2, 0) is 28.6 Å². The molecule has 16 heteroatoms. The minimum atomic E-state index is -2.17. The van der Waals surface area contributed by atoms with Gasteiger partial charge in [0.15, 0.2) is 0 Å². The van der Waals surface area contributed by atoms with Gasteiger partial charge in [-0.2, -0.15) is 0 Å². The molecule has 2 aromatic carbocycles. The highest BCUT2D eigenvalue weighted by molar-refractivity contribution is 6.33. The predicted molar refractivity (Wildman–Crippen MR) is 238 cm³/mol. The van der Waals surface area contributed by atoms with Crippen LogP contribution in [0.1, 0.15) is 106 Å². The molecule has 2 aromatic rings. The number of hydrogen-bond donors (Lipinski definition) is 4. The first-order valence-corrected chi connectivity index (χ1v) is 21.4. The number of ether oxygens (including phenoxy) is 6. The highest BCUT2D eigenvalue weighted by Crippen LogP contribution is 2.49. The highest BCUT2D eigenvalue weighted by Gasteiger charge is 2.53. The number of allylic oxidation sites excluding steroid dienone is 4. The molecule has 0 unspecified atom stereocenters. The molecule has 3 heterocycles.